The SMILES string of the molecule is Cc1nc2cc(C(=O)OCC(=O)NC(=O)NCc3ccco3)ccc2n1-c1ccccc1. The summed E-state index contributed by atoms with van der Waals surface area (Å²) in [6.07, 6.45) is 1.48. The molecule has 32 heavy (non-hydrogen) atoms. The minimum atomic E-state index is -0.749. The van der Waals surface area contributed by atoms with E-state index in [0.717, 1.165) is 17.0 Å². The minimum absolute atomic E-state index is 0.126. The van der Waals surface area contributed by atoms with Crippen molar-refractivity contribution in [3.63, 3.8) is 0 Å². The number of fused-ring (bicyclic) bond motifs is 1. The third-order valence-electron chi connectivity index (χ3n) is 4.66. The van der Waals surface area contributed by atoms with Crippen molar-refractivity contribution < 1.29 is 23.5 Å². The van der Waals surface area contributed by atoms with Crippen molar-refractivity contribution >= 4 is 28.9 Å². The van der Waals surface area contributed by atoms with Crippen LogP contribution in [0.15, 0.2) is 71.3 Å². The number of urea groups is 1. The highest BCUT2D eigenvalue weighted by molar-refractivity contribution is 5.98. The quantitative estimate of drug-likeness (QED) is 0.453. The van der Waals surface area contributed by atoms with Crippen molar-refractivity contribution in [1.82, 2.24) is 20.2 Å². The Labute approximate surface area is 183 Å². The summed E-state index contributed by atoms with van der Waals surface area (Å²) in [6.45, 7) is 1.41. The molecule has 2 heterocycles. The molecule has 0 atom stereocenters. The lowest BCUT2D eigenvalue weighted by Gasteiger charge is -2.08. The lowest BCUT2D eigenvalue weighted by molar-refractivity contribution is -0.123. The lowest BCUT2D eigenvalue weighted by Crippen LogP contribution is -2.41. The number of aryl methyl sites for hydroxylation is 1. The fraction of sp³-hybridized carbons (Fsp3) is 0.130. The molecule has 4 rings (SSSR count). The van der Waals surface area contributed by atoms with Gasteiger partial charge in [0.25, 0.3) is 5.91 Å². The molecule has 2 aromatic carbocycles. The molecule has 0 unspecified atom stereocenters. The second-order valence-corrected chi connectivity index (χ2v) is 6.92. The van der Waals surface area contributed by atoms with Crippen LogP contribution in [0.3, 0.4) is 0 Å². The Kier molecular flexibility index (Phi) is 5.98. The molecule has 0 bridgehead atoms. The van der Waals surface area contributed by atoms with Crippen molar-refractivity contribution in [3.05, 3.63) is 84.1 Å². The van der Waals surface area contributed by atoms with Gasteiger partial charge in [-0.1, -0.05) is 18.2 Å². The molecule has 2 N–H and O–H groups in total. The predicted molar refractivity (Wildman–Crippen MR) is 115 cm³/mol. The highest BCUT2D eigenvalue weighted by atomic mass is 16.5. The largest absolute Gasteiger partial charge is 0.467 e. The molecular weight excluding hydrogens is 412 g/mol. The molecule has 0 saturated heterocycles. The zero-order valence-corrected chi connectivity index (χ0v) is 17.2. The average Bonchev–Trinajstić information content (AvgIpc) is 3.43. The second-order valence-electron chi connectivity index (χ2n) is 6.92. The summed E-state index contributed by atoms with van der Waals surface area (Å²) in [6, 6.07) is 17.4. The van der Waals surface area contributed by atoms with Crippen LogP contribution in [0.2, 0.25) is 0 Å². The standard InChI is InChI=1S/C23H20N4O5/c1-15-25-19-12-16(9-10-20(19)27(15)17-6-3-2-4-7-17)22(29)32-14-21(28)26-23(30)24-13-18-8-5-11-31-18/h2-12H,13-14H2,1H3,(H2,24,26,28,30). The number of benzene rings is 2. The summed E-state index contributed by atoms with van der Waals surface area (Å²) in [5.41, 5.74) is 2.69. The van der Waals surface area contributed by atoms with Gasteiger partial charge >= 0.3 is 12.0 Å². The summed E-state index contributed by atoms with van der Waals surface area (Å²) >= 11 is 0. The Morgan fingerprint density at radius 2 is 1.88 bits per heavy atom. The van der Waals surface area contributed by atoms with Crippen molar-refractivity contribution in [2.24, 2.45) is 0 Å². The molecular formula is C23H20N4O5. The maximum atomic E-state index is 12.4. The first-order valence-corrected chi connectivity index (χ1v) is 9.83. The molecule has 0 spiro atoms. The van der Waals surface area contributed by atoms with Crippen molar-refractivity contribution in [1.29, 1.82) is 0 Å². The summed E-state index contributed by atoms with van der Waals surface area (Å²) in [7, 11) is 0. The van der Waals surface area contributed by atoms with Crippen molar-refractivity contribution in [2.75, 3.05) is 6.61 Å². The topological polar surface area (TPSA) is 115 Å². The zero-order chi connectivity index (χ0) is 22.5. The maximum Gasteiger partial charge on any atom is 0.338 e. The van der Waals surface area contributed by atoms with E-state index in [1.165, 1.54) is 6.26 Å². The molecule has 0 radical (unpaired) electrons. The normalized spacial score (nSPS) is 10.7. The predicted octanol–water partition coefficient (Wildman–Crippen LogP) is 3.11. The first-order valence-electron chi connectivity index (χ1n) is 9.83. The summed E-state index contributed by atoms with van der Waals surface area (Å²) in [4.78, 5) is 40.5. The minimum Gasteiger partial charge on any atom is -0.467 e. The molecule has 0 aliphatic carbocycles. The fourth-order valence-electron chi connectivity index (χ4n) is 3.23. The number of hydrogen-bond acceptors (Lipinski definition) is 6. The van der Waals surface area contributed by atoms with Gasteiger partial charge < -0.3 is 14.5 Å². The number of hydrogen-bond donors (Lipinski definition) is 2. The van der Waals surface area contributed by atoms with Gasteiger partial charge in [-0.2, -0.15) is 0 Å². The number of nitrogens with zero attached hydrogens (tertiary/aromatic N) is 2. The number of imidazole rings is 1. The van der Waals surface area contributed by atoms with Gasteiger partial charge in [-0.05, 0) is 49.4 Å². The first-order chi connectivity index (χ1) is 15.5. The number of imide groups is 1. The number of esters is 1. The van der Waals surface area contributed by atoms with Gasteiger partial charge in [0, 0.05) is 5.69 Å². The lowest BCUT2D eigenvalue weighted by atomic mass is 10.2. The number of nitrogens with one attached hydrogen (secondary N) is 2. The Bertz CT molecular complexity index is 1260. The van der Waals surface area contributed by atoms with E-state index in [2.05, 4.69) is 15.6 Å². The fourth-order valence-corrected chi connectivity index (χ4v) is 3.23. The van der Waals surface area contributed by atoms with Crippen LogP contribution < -0.4 is 10.6 Å². The van der Waals surface area contributed by atoms with Crippen LogP contribution in [0.4, 0.5) is 4.79 Å². The maximum absolute atomic E-state index is 12.4. The smallest absolute Gasteiger partial charge is 0.338 e. The van der Waals surface area contributed by atoms with Crippen molar-refractivity contribution in [2.45, 2.75) is 13.5 Å². The Hall–Kier alpha value is -4.40. The molecule has 0 aliphatic heterocycles. The molecule has 0 aliphatic rings. The Balaban J connectivity index is 1.35. The Morgan fingerprint density at radius 1 is 1.06 bits per heavy atom. The Morgan fingerprint density at radius 3 is 2.62 bits per heavy atom. The number of rotatable bonds is 6. The monoisotopic (exact) mass is 432 g/mol. The molecule has 4 aromatic rings. The molecule has 9 heteroatoms. The number of aromatic nitrogens is 2. The van der Waals surface area contributed by atoms with Gasteiger partial charge in [-0.3, -0.25) is 14.7 Å². The molecule has 2 aromatic heterocycles. The van der Waals surface area contributed by atoms with Gasteiger partial charge in [0.1, 0.15) is 11.6 Å². The van der Waals surface area contributed by atoms with E-state index < -0.39 is 24.5 Å². The second kappa shape index (κ2) is 9.17. The van der Waals surface area contributed by atoms with Crippen LogP contribution in [-0.4, -0.2) is 34.1 Å². The van der Waals surface area contributed by atoms with E-state index in [-0.39, 0.29) is 12.1 Å². The number of amides is 3. The van der Waals surface area contributed by atoms with Gasteiger partial charge in [0.05, 0.1) is 29.4 Å². The van der Waals surface area contributed by atoms with E-state index >= 15 is 0 Å². The first kappa shape index (κ1) is 20.9. The summed E-state index contributed by atoms with van der Waals surface area (Å²) in [5, 5.41) is 4.55. The van der Waals surface area contributed by atoms with E-state index in [1.54, 1.807) is 30.3 Å². The summed E-state index contributed by atoms with van der Waals surface area (Å²) in [5.74, 6) is -0.124. The van der Waals surface area contributed by atoms with Gasteiger partial charge in [-0.25, -0.2) is 14.6 Å². The highest BCUT2D eigenvalue weighted by Gasteiger charge is 2.15. The van der Waals surface area contributed by atoms with Crippen molar-refractivity contribution in [3.8, 4) is 5.69 Å². The van der Waals surface area contributed by atoms with Gasteiger partial charge in [0.2, 0.25) is 0 Å². The number of para-hydroxylation sites is 1. The number of carbonyl (C=O) groups excluding carboxylic acids is 3. The molecule has 9 nitrogen and oxygen atoms in total. The molecule has 0 fully saturated rings. The number of furan rings is 1. The average molecular weight is 432 g/mol. The highest BCUT2D eigenvalue weighted by Crippen LogP contribution is 2.22. The van der Waals surface area contributed by atoms with Crippen LogP contribution >= 0.6 is 0 Å². The van der Waals surface area contributed by atoms with Crippen LogP contribution in [0, 0.1) is 6.92 Å². The number of carbonyl (C=O) groups is 3. The van der Waals surface area contributed by atoms with Crippen LogP contribution in [-0.2, 0) is 16.1 Å². The van der Waals surface area contributed by atoms with E-state index in [4.69, 9.17) is 9.15 Å². The third kappa shape index (κ3) is 4.67. The van der Waals surface area contributed by atoms with E-state index in [9.17, 15) is 14.4 Å². The zero-order valence-electron chi connectivity index (χ0n) is 17.2. The van der Waals surface area contributed by atoms with Crippen LogP contribution in [0.1, 0.15) is 21.9 Å². The number of ether oxygens (including phenoxy) is 1. The van der Waals surface area contributed by atoms with Gasteiger partial charge in [0.15, 0.2) is 6.61 Å². The van der Waals surface area contributed by atoms with Crippen LogP contribution in [0.5, 0.6) is 0 Å². The summed E-state index contributed by atoms with van der Waals surface area (Å²) < 4.78 is 12.1. The van der Waals surface area contributed by atoms with E-state index in [0.29, 0.717) is 11.3 Å². The molecule has 162 valence electrons. The van der Waals surface area contributed by atoms with Gasteiger partial charge in [-0.15, -0.1) is 0 Å². The molecule has 0 saturated carbocycles. The molecule has 3 amide bonds. The van der Waals surface area contributed by atoms with Crippen LogP contribution in [0.25, 0.3) is 16.7 Å². The van der Waals surface area contributed by atoms with E-state index in [1.807, 2.05) is 41.8 Å². The third-order valence-corrected chi connectivity index (χ3v) is 4.66.